The number of nitrogens with zero attached hydrogens (tertiary/aromatic N) is 2. The predicted molar refractivity (Wildman–Crippen MR) is 71.3 cm³/mol. The third-order valence-corrected chi connectivity index (χ3v) is 3.46. The normalized spacial score (nSPS) is 17.9. The highest BCUT2D eigenvalue weighted by Crippen LogP contribution is 2.22. The molecule has 96 valence electrons. The largest absolute Gasteiger partial charge is 0.330 e. The van der Waals surface area contributed by atoms with Crippen LogP contribution in [0.4, 0.5) is 0 Å². The van der Waals surface area contributed by atoms with Gasteiger partial charge in [-0.05, 0) is 53.4 Å². The Bertz CT molecular complexity index is 373. The summed E-state index contributed by atoms with van der Waals surface area (Å²) in [6.07, 6.45) is 7.03. The summed E-state index contributed by atoms with van der Waals surface area (Å²) in [5.41, 5.74) is 2.99. The van der Waals surface area contributed by atoms with Crippen molar-refractivity contribution in [3.8, 4) is 0 Å². The summed E-state index contributed by atoms with van der Waals surface area (Å²) in [5, 5.41) is 3.57. The van der Waals surface area contributed by atoms with Crippen LogP contribution >= 0.6 is 0 Å². The van der Waals surface area contributed by atoms with E-state index in [-0.39, 0.29) is 5.54 Å². The molecule has 1 aliphatic carbocycles. The molecular formula is C14H25N3. The Morgan fingerprint density at radius 2 is 2.06 bits per heavy atom. The summed E-state index contributed by atoms with van der Waals surface area (Å²) in [6, 6.07) is 0.489. The maximum Gasteiger partial charge on any atom is 0.0954 e. The predicted octanol–water partition coefficient (Wildman–Crippen LogP) is 2.71. The maximum atomic E-state index is 4.56. The number of rotatable bonds is 3. The first kappa shape index (κ1) is 12.6. The van der Waals surface area contributed by atoms with Crippen molar-refractivity contribution in [3.05, 3.63) is 17.7 Å². The fraction of sp³-hybridized carbons (Fsp3) is 0.786. The molecule has 0 amide bonds. The minimum absolute atomic E-state index is 0.189. The lowest BCUT2D eigenvalue weighted by atomic mass is 10.0. The topological polar surface area (TPSA) is 29.9 Å². The fourth-order valence-electron chi connectivity index (χ4n) is 2.42. The van der Waals surface area contributed by atoms with E-state index >= 15 is 0 Å². The van der Waals surface area contributed by atoms with Crippen molar-refractivity contribution >= 4 is 0 Å². The molecule has 0 aromatic carbocycles. The third-order valence-electron chi connectivity index (χ3n) is 3.46. The van der Waals surface area contributed by atoms with Crippen LogP contribution in [-0.4, -0.2) is 21.6 Å². The van der Waals surface area contributed by atoms with E-state index in [0.717, 1.165) is 6.54 Å². The zero-order chi connectivity index (χ0) is 12.5. The third kappa shape index (κ3) is 3.09. The standard InChI is InChI=1S/C14H25N3/c1-11(9-16-14(2,3)4)17-10-15-12-7-5-6-8-13(12)17/h10-11,16H,5-9H2,1-4H3. The van der Waals surface area contributed by atoms with Gasteiger partial charge in [0.1, 0.15) is 0 Å². The highest BCUT2D eigenvalue weighted by Gasteiger charge is 2.19. The van der Waals surface area contributed by atoms with Gasteiger partial charge in [0.2, 0.25) is 0 Å². The van der Waals surface area contributed by atoms with E-state index in [9.17, 15) is 0 Å². The van der Waals surface area contributed by atoms with E-state index in [1.54, 1.807) is 0 Å². The van der Waals surface area contributed by atoms with Gasteiger partial charge in [0.05, 0.1) is 12.0 Å². The van der Waals surface area contributed by atoms with Gasteiger partial charge >= 0.3 is 0 Å². The summed E-state index contributed by atoms with van der Waals surface area (Å²) in [5.74, 6) is 0. The summed E-state index contributed by atoms with van der Waals surface area (Å²) >= 11 is 0. The van der Waals surface area contributed by atoms with Gasteiger partial charge in [0.25, 0.3) is 0 Å². The summed E-state index contributed by atoms with van der Waals surface area (Å²) < 4.78 is 2.37. The first-order valence-corrected chi connectivity index (χ1v) is 6.77. The van der Waals surface area contributed by atoms with Gasteiger partial charge in [-0.15, -0.1) is 0 Å². The van der Waals surface area contributed by atoms with E-state index < -0.39 is 0 Å². The molecule has 1 unspecified atom stereocenters. The molecule has 17 heavy (non-hydrogen) atoms. The van der Waals surface area contributed by atoms with Crippen LogP contribution in [0.5, 0.6) is 0 Å². The average molecular weight is 235 g/mol. The van der Waals surface area contributed by atoms with Crippen LogP contribution in [0.3, 0.4) is 0 Å². The number of hydrogen-bond donors (Lipinski definition) is 1. The molecule has 3 heteroatoms. The Morgan fingerprint density at radius 1 is 1.35 bits per heavy atom. The van der Waals surface area contributed by atoms with Crippen LogP contribution in [0, 0.1) is 0 Å². The Hall–Kier alpha value is -0.830. The van der Waals surface area contributed by atoms with Gasteiger partial charge in [-0.1, -0.05) is 0 Å². The van der Waals surface area contributed by atoms with Crippen molar-refractivity contribution < 1.29 is 0 Å². The van der Waals surface area contributed by atoms with Crippen LogP contribution in [0.15, 0.2) is 6.33 Å². The van der Waals surface area contributed by atoms with Crippen LogP contribution in [0.25, 0.3) is 0 Å². The molecule has 0 bridgehead atoms. The van der Waals surface area contributed by atoms with Crippen molar-refractivity contribution in [1.82, 2.24) is 14.9 Å². The smallest absolute Gasteiger partial charge is 0.0954 e. The molecule has 0 spiro atoms. The van der Waals surface area contributed by atoms with Crippen molar-refractivity contribution in [3.63, 3.8) is 0 Å². The molecule has 1 aliphatic rings. The van der Waals surface area contributed by atoms with Gasteiger partial charge in [0.15, 0.2) is 0 Å². The second-order valence-electron chi connectivity index (χ2n) is 6.23. The highest BCUT2D eigenvalue weighted by atomic mass is 15.1. The SMILES string of the molecule is CC(CNC(C)(C)C)n1cnc2c1CCCC2. The number of hydrogen-bond acceptors (Lipinski definition) is 2. The first-order valence-electron chi connectivity index (χ1n) is 6.77. The lowest BCUT2D eigenvalue weighted by Crippen LogP contribution is -2.39. The molecule has 1 N–H and O–H groups in total. The molecule has 0 fully saturated rings. The average Bonchev–Trinajstić information content (AvgIpc) is 2.68. The van der Waals surface area contributed by atoms with Gasteiger partial charge in [-0.25, -0.2) is 4.98 Å². The van der Waals surface area contributed by atoms with E-state index in [4.69, 9.17) is 0 Å². The van der Waals surface area contributed by atoms with Crippen LogP contribution in [0.1, 0.15) is 58.0 Å². The molecule has 0 saturated carbocycles. The molecule has 0 aliphatic heterocycles. The number of nitrogens with one attached hydrogen (secondary N) is 1. The number of aromatic nitrogens is 2. The molecule has 0 radical (unpaired) electrons. The molecule has 2 rings (SSSR count). The Labute approximate surface area is 105 Å². The molecule has 1 heterocycles. The first-order chi connectivity index (χ1) is 7.97. The van der Waals surface area contributed by atoms with E-state index in [2.05, 4.69) is 42.6 Å². The van der Waals surface area contributed by atoms with Gasteiger partial charge in [-0.2, -0.15) is 0 Å². The van der Waals surface area contributed by atoms with Crippen molar-refractivity contribution in [2.24, 2.45) is 0 Å². The second kappa shape index (κ2) is 4.81. The highest BCUT2D eigenvalue weighted by molar-refractivity contribution is 5.17. The lowest BCUT2D eigenvalue weighted by Gasteiger charge is -2.25. The van der Waals surface area contributed by atoms with Gasteiger partial charge in [0, 0.05) is 23.8 Å². The Balaban J connectivity index is 2.04. The molecule has 3 nitrogen and oxygen atoms in total. The van der Waals surface area contributed by atoms with Gasteiger partial charge in [-0.3, -0.25) is 0 Å². The van der Waals surface area contributed by atoms with Gasteiger partial charge < -0.3 is 9.88 Å². The number of aryl methyl sites for hydroxylation is 1. The van der Waals surface area contributed by atoms with E-state index in [1.165, 1.54) is 37.1 Å². The lowest BCUT2D eigenvalue weighted by molar-refractivity contribution is 0.374. The van der Waals surface area contributed by atoms with Crippen molar-refractivity contribution in [1.29, 1.82) is 0 Å². The summed E-state index contributed by atoms with van der Waals surface area (Å²) in [7, 11) is 0. The molecule has 1 aromatic heterocycles. The zero-order valence-electron chi connectivity index (χ0n) is 11.6. The van der Waals surface area contributed by atoms with Crippen LogP contribution < -0.4 is 5.32 Å². The van der Waals surface area contributed by atoms with Crippen molar-refractivity contribution in [2.45, 2.75) is 65.0 Å². The van der Waals surface area contributed by atoms with Crippen LogP contribution in [-0.2, 0) is 12.8 Å². The minimum Gasteiger partial charge on any atom is -0.330 e. The number of imidazole rings is 1. The van der Waals surface area contributed by atoms with Crippen LogP contribution in [0.2, 0.25) is 0 Å². The number of fused-ring (bicyclic) bond motifs is 1. The second-order valence-corrected chi connectivity index (χ2v) is 6.23. The molecule has 1 aromatic rings. The summed E-state index contributed by atoms with van der Waals surface area (Å²) in [6.45, 7) is 9.91. The molecular weight excluding hydrogens is 210 g/mol. The maximum absolute atomic E-state index is 4.56. The fourth-order valence-corrected chi connectivity index (χ4v) is 2.42. The summed E-state index contributed by atoms with van der Waals surface area (Å²) in [4.78, 5) is 4.56. The monoisotopic (exact) mass is 235 g/mol. The van der Waals surface area contributed by atoms with Crippen molar-refractivity contribution in [2.75, 3.05) is 6.54 Å². The van der Waals surface area contributed by atoms with E-state index in [1.807, 2.05) is 6.33 Å². The zero-order valence-corrected chi connectivity index (χ0v) is 11.6. The Morgan fingerprint density at radius 3 is 2.76 bits per heavy atom. The Kier molecular flexibility index (Phi) is 3.57. The van der Waals surface area contributed by atoms with E-state index in [0.29, 0.717) is 6.04 Å². The molecule has 0 saturated heterocycles. The molecule has 1 atom stereocenters. The minimum atomic E-state index is 0.189. The quantitative estimate of drug-likeness (QED) is 0.873.